The second-order valence-corrected chi connectivity index (χ2v) is 11.7. The SMILES string of the molecule is CC1CCC(NS(=O)(=O)c2ccc3c(c2)CCN3C(=O)CCC(=O)N2CCCCCC2)CC1. The topological polar surface area (TPSA) is 86.8 Å². The first kappa shape index (κ1) is 24.2. The number of amides is 2. The summed E-state index contributed by atoms with van der Waals surface area (Å²) in [5.41, 5.74) is 1.65. The summed E-state index contributed by atoms with van der Waals surface area (Å²) in [7, 11) is -3.58. The van der Waals surface area contributed by atoms with Crippen molar-refractivity contribution in [2.75, 3.05) is 24.5 Å². The Hall–Kier alpha value is -1.93. The maximum Gasteiger partial charge on any atom is 0.240 e. The zero-order chi connectivity index (χ0) is 23.4. The summed E-state index contributed by atoms with van der Waals surface area (Å²) in [5, 5.41) is 0. The summed E-state index contributed by atoms with van der Waals surface area (Å²) in [6, 6.07) is 5.05. The van der Waals surface area contributed by atoms with E-state index in [1.165, 1.54) is 12.8 Å². The van der Waals surface area contributed by atoms with Crippen LogP contribution in [0.15, 0.2) is 23.1 Å². The Balaban J connectivity index is 1.35. The molecule has 33 heavy (non-hydrogen) atoms. The number of carbonyl (C=O) groups excluding carboxylic acids is 2. The zero-order valence-corrected chi connectivity index (χ0v) is 20.5. The van der Waals surface area contributed by atoms with Crippen molar-refractivity contribution in [2.45, 2.75) is 88.5 Å². The molecule has 1 saturated heterocycles. The van der Waals surface area contributed by atoms with E-state index in [2.05, 4.69) is 11.6 Å². The second kappa shape index (κ2) is 10.6. The van der Waals surface area contributed by atoms with E-state index in [-0.39, 0.29) is 35.6 Å². The van der Waals surface area contributed by atoms with E-state index >= 15 is 0 Å². The highest BCUT2D eigenvalue weighted by Crippen LogP contribution is 2.32. The van der Waals surface area contributed by atoms with Crippen LogP contribution < -0.4 is 9.62 Å². The van der Waals surface area contributed by atoms with Gasteiger partial charge in [-0.05, 0) is 74.6 Å². The van der Waals surface area contributed by atoms with E-state index in [9.17, 15) is 18.0 Å². The normalized spacial score (nSPS) is 23.8. The highest BCUT2D eigenvalue weighted by Gasteiger charge is 2.29. The molecule has 1 aromatic carbocycles. The molecule has 1 aromatic rings. The summed E-state index contributed by atoms with van der Waals surface area (Å²) in [5.74, 6) is 0.658. The number of benzene rings is 1. The first-order valence-corrected chi connectivity index (χ1v) is 14.1. The molecule has 0 aromatic heterocycles. The molecule has 7 nitrogen and oxygen atoms in total. The smallest absolute Gasteiger partial charge is 0.240 e. The van der Waals surface area contributed by atoms with E-state index in [1.54, 1.807) is 23.1 Å². The third-order valence-corrected chi connectivity index (χ3v) is 8.93. The number of fused-ring (bicyclic) bond motifs is 1. The first-order chi connectivity index (χ1) is 15.8. The molecular formula is C25H37N3O4S. The Morgan fingerprint density at radius 1 is 0.939 bits per heavy atom. The molecule has 1 saturated carbocycles. The number of likely N-dealkylation sites (tertiary alicyclic amines) is 1. The highest BCUT2D eigenvalue weighted by atomic mass is 32.2. The first-order valence-electron chi connectivity index (χ1n) is 12.6. The van der Waals surface area contributed by atoms with Crippen molar-refractivity contribution in [1.29, 1.82) is 0 Å². The number of anilines is 1. The molecule has 0 radical (unpaired) electrons. The predicted molar refractivity (Wildman–Crippen MR) is 129 cm³/mol. The summed E-state index contributed by atoms with van der Waals surface area (Å²) in [6.07, 6.45) is 9.33. The maximum absolute atomic E-state index is 12.9. The van der Waals surface area contributed by atoms with E-state index in [0.29, 0.717) is 18.9 Å². The molecular weight excluding hydrogens is 438 g/mol. The standard InChI is InChI=1S/C25H37N3O4S/c1-19-6-8-21(9-7-19)26-33(31,32)22-10-11-23-20(18-22)14-17-28(23)25(30)13-12-24(29)27-15-4-2-3-5-16-27/h10-11,18-19,21,26H,2-9,12-17H2,1H3. The Labute approximate surface area is 198 Å². The molecule has 2 heterocycles. The van der Waals surface area contributed by atoms with Crippen molar-refractivity contribution in [3.8, 4) is 0 Å². The Kier molecular flexibility index (Phi) is 7.74. The number of hydrogen-bond donors (Lipinski definition) is 1. The lowest BCUT2D eigenvalue weighted by atomic mass is 9.88. The summed E-state index contributed by atoms with van der Waals surface area (Å²) < 4.78 is 28.7. The number of carbonyl (C=O) groups is 2. The summed E-state index contributed by atoms with van der Waals surface area (Å²) in [6.45, 7) is 4.34. The van der Waals surface area contributed by atoms with Gasteiger partial charge in [-0.2, -0.15) is 0 Å². The van der Waals surface area contributed by atoms with Gasteiger partial charge in [-0.15, -0.1) is 0 Å². The van der Waals surface area contributed by atoms with Crippen molar-refractivity contribution in [1.82, 2.24) is 9.62 Å². The van der Waals surface area contributed by atoms with Gasteiger partial charge in [0, 0.05) is 44.2 Å². The van der Waals surface area contributed by atoms with Crippen molar-refractivity contribution >= 4 is 27.5 Å². The van der Waals surface area contributed by atoms with Gasteiger partial charge in [0.15, 0.2) is 0 Å². The van der Waals surface area contributed by atoms with Crippen LogP contribution in [0.25, 0.3) is 0 Å². The van der Waals surface area contributed by atoms with Crippen LogP contribution in [0, 0.1) is 5.92 Å². The average Bonchev–Trinajstić information content (AvgIpc) is 3.03. The average molecular weight is 476 g/mol. The van der Waals surface area contributed by atoms with E-state index < -0.39 is 10.0 Å². The predicted octanol–water partition coefficient (Wildman–Crippen LogP) is 3.62. The number of nitrogens with one attached hydrogen (secondary N) is 1. The van der Waals surface area contributed by atoms with Gasteiger partial charge in [0.1, 0.15) is 0 Å². The maximum atomic E-state index is 12.9. The van der Waals surface area contributed by atoms with Crippen LogP contribution >= 0.6 is 0 Å². The molecule has 2 amide bonds. The molecule has 2 fully saturated rings. The quantitative estimate of drug-likeness (QED) is 0.681. The minimum atomic E-state index is -3.58. The van der Waals surface area contributed by atoms with Gasteiger partial charge in [0.25, 0.3) is 0 Å². The molecule has 0 unspecified atom stereocenters. The fourth-order valence-corrected chi connectivity index (χ4v) is 6.65. The van der Waals surface area contributed by atoms with Gasteiger partial charge in [0.05, 0.1) is 4.90 Å². The van der Waals surface area contributed by atoms with Crippen LogP contribution in [0.4, 0.5) is 5.69 Å². The van der Waals surface area contributed by atoms with Gasteiger partial charge in [0.2, 0.25) is 21.8 Å². The van der Waals surface area contributed by atoms with Gasteiger partial charge >= 0.3 is 0 Å². The minimum Gasteiger partial charge on any atom is -0.343 e. The van der Waals surface area contributed by atoms with Gasteiger partial charge in [-0.25, -0.2) is 13.1 Å². The van der Waals surface area contributed by atoms with Crippen molar-refractivity contribution < 1.29 is 18.0 Å². The molecule has 2 aliphatic heterocycles. The van der Waals surface area contributed by atoms with Crippen LogP contribution in [-0.2, 0) is 26.0 Å². The zero-order valence-electron chi connectivity index (χ0n) is 19.7. The molecule has 0 bridgehead atoms. The summed E-state index contributed by atoms with van der Waals surface area (Å²) in [4.78, 5) is 29.3. The van der Waals surface area contributed by atoms with Crippen LogP contribution in [0.1, 0.15) is 76.7 Å². The van der Waals surface area contributed by atoms with Crippen molar-refractivity contribution in [3.63, 3.8) is 0 Å². The van der Waals surface area contributed by atoms with Crippen LogP contribution in [0.3, 0.4) is 0 Å². The number of rotatable bonds is 6. The molecule has 1 aliphatic carbocycles. The third-order valence-electron chi connectivity index (χ3n) is 7.41. The lowest BCUT2D eigenvalue weighted by molar-refractivity contribution is -0.133. The van der Waals surface area contributed by atoms with Gasteiger partial charge in [-0.3, -0.25) is 9.59 Å². The Morgan fingerprint density at radius 3 is 2.30 bits per heavy atom. The van der Waals surface area contributed by atoms with E-state index in [4.69, 9.17) is 0 Å². The molecule has 0 spiro atoms. The van der Waals surface area contributed by atoms with Gasteiger partial charge in [-0.1, -0.05) is 19.8 Å². The number of hydrogen-bond acceptors (Lipinski definition) is 4. The number of sulfonamides is 1. The van der Waals surface area contributed by atoms with Crippen molar-refractivity contribution in [2.24, 2.45) is 5.92 Å². The fourth-order valence-electron chi connectivity index (χ4n) is 5.30. The van der Waals surface area contributed by atoms with Crippen molar-refractivity contribution in [3.05, 3.63) is 23.8 Å². The van der Waals surface area contributed by atoms with Crippen LogP contribution in [0.2, 0.25) is 0 Å². The van der Waals surface area contributed by atoms with Gasteiger partial charge < -0.3 is 9.80 Å². The molecule has 1 N–H and O–H groups in total. The lowest BCUT2D eigenvalue weighted by Crippen LogP contribution is -2.37. The molecule has 182 valence electrons. The second-order valence-electron chi connectivity index (χ2n) is 9.96. The minimum absolute atomic E-state index is 0.000677. The molecule has 8 heteroatoms. The monoisotopic (exact) mass is 475 g/mol. The Bertz CT molecular complexity index is 962. The fraction of sp³-hybridized carbons (Fsp3) is 0.680. The third kappa shape index (κ3) is 5.96. The largest absolute Gasteiger partial charge is 0.343 e. The molecule has 4 rings (SSSR count). The van der Waals surface area contributed by atoms with Crippen LogP contribution in [0.5, 0.6) is 0 Å². The Morgan fingerprint density at radius 2 is 1.61 bits per heavy atom. The molecule has 0 atom stereocenters. The van der Waals surface area contributed by atoms with Crippen LogP contribution in [-0.4, -0.2) is 50.8 Å². The molecule has 3 aliphatic rings. The lowest BCUT2D eigenvalue weighted by Gasteiger charge is -2.26. The number of nitrogens with zero attached hydrogens (tertiary/aromatic N) is 2. The highest BCUT2D eigenvalue weighted by molar-refractivity contribution is 7.89. The van der Waals surface area contributed by atoms with E-state index in [0.717, 1.165) is 62.9 Å². The van der Waals surface area contributed by atoms with E-state index in [1.807, 2.05) is 4.90 Å². The summed E-state index contributed by atoms with van der Waals surface area (Å²) >= 11 is 0.